The van der Waals surface area contributed by atoms with Crippen molar-refractivity contribution in [1.29, 1.82) is 0 Å². The van der Waals surface area contributed by atoms with E-state index in [1.807, 2.05) is 13.8 Å². The van der Waals surface area contributed by atoms with Gasteiger partial charge in [0.05, 0.1) is 6.04 Å². The Morgan fingerprint density at radius 1 is 0.750 bits per heavy atom. The molecule has 0 bridgehead atoms. The van der Waals surface area contributed by atoms with Crippen LogP contribution in [-0.2, 0) is 28.8 Å². The summed E-state index contributed by atoms with van der Waals surface area (Å²) >= 11 is 0. The minimum atomic E-state index is -1.41. The van der Waals surface area contributed by atoms with Gasteiger partial charge in [0.1, 0.15) is 18.1 Å². The van der Waals surface area contributed by atoms with E-state index in [-0.39, 0.29) is 31.6 Å². The Hall–Kier alpha value is -3.26. The first-order valence-electron chi connectivity index (χ1n) is 11.9. The molecule has 11 N–H and O–H groups in total. The van der Waals surface area contributed by atoms with E-state index >= 15 is 0 Å². The minimum absolute atomic E-state index is 0.0862. The normalized spacial score (nSPS) is 14.2. The highest BCUT2D eigenvalue weighted by Crippen LogP contribution is 2.07. The van der Waals surface area contributed by atoms with E-state index < -0.39 is 66.2 Å². The summed E-state index contributed by atoms with van der Waals surface area (Å²) in [5.41, 5.74) is 16.4. The molecule has 0 aromatic carbocycles. The first-order valence-corrected chi connectivity index (χ1v) is 11.9. The molecule has 4 unspecified atom stereocenters. The van der Waals surface area contributed by atoms with Crippen LogP contribution in [0.15, 0.2) is 0 Å². The SMILES string of the molecule is CC(C)CC(N)C(=O)NC(CCC(N)=O)C(=O)NC(CCC(=O)O)C(=O)NC(CCCCN)C(=O)O. The number of unbranched alkanes of at least 4 members (excludes halogenated alkanes) is 1. The second-order valence-electron chi connectivity index (χ2n) is 8.98. The van der Waals surface area contributed by atoms with Crippen molar-refractivity contribution in [2.45, 2.75) is 89.4 Å². The average molecular weight is 517 g/mol. The van der Waals surface area contributed by atoms with E-state index in [4.69, 9.17) is 22.3 Å². The van der Waals surface area contributed by atoms with Crippen LogP contribution in [0.3, 0.4) is 0 Å². The predicted molar refractivity (Wildman–Crippen MR) is 129 cm³/mol. The summed E-state index contributed by atoms with van der Waals surface area (Å²) in [6, 6.07) is -4.90. The van der Waals surface area contributed by atoms with Gasteiger partial charge < -0.3 is 43.4 Å². The Labute approximate surface area is 210 Å². The molecule has 36 heavy (non-hydrogen) atoms. The van der Waals surface area contributed by atoms with Gasteiger partial charge in [0.2, 0.25) is 23.6 Å². The Bertz CT molecular complexity index is 776. The van der Waals surface area contributed by atoms with Crippen molar-refractivity contribution >= 4 is 35.6 Å². The second-order valence-corrected chi connectivity index (χ2v) is 8.98. The van der Waals surface area contributed by atoms with Crippen LogP contribution in [0.2, 0.25) is 0 Å². The van der Waals surface area contributed by atoms with Crippen LogP contribution in [0.5, 0.6) is 0 Å². The Kier molecular flexibility index (Phi) is 15.7. The summed E-state index contributed by atoms with van der Waals surface area (Å²) in [6.45, 7) is 4.06. The highest BCUT2D eigenvalue weighted by atomic mass is 16.4. The molecule has 0 aliphatic heterocycles. The molecule has 0 aromatic heterocycles. The number of carboxylic acids is 2. The molecule has 4 amide bonds. The van der Waals surface area contributed by atoms with E-state index in [0.29, 0.717) is 25.8 Å². The maximum absolute atomic E-state index is 12.9. The van der Waals surface area contributed by atoms with Crippen LogP contribution in [0, 0.1) is 5.92 Å². The Balaban J connectivity index is 5.59. The molecule has 0 aromatic rings. The molecule has 0 heterocycles. The van der Waals surface area contributed by atoms with Gasteiger partial charge in [-0.05, 0) is 51.0 Å². The highest BCUT2D eigenvalue weighted by Gasteiger charge is 2.30. The third-order valence-electron chi connectivity index (χ3n) is 5.22. The number of amides is 4. The maximum atomic E-state index is 12.9. The van der Waals surface area contributed by atoms with Crippen LogP contribution in [-0.4, -0.2) is 76.5 Å². The quantitative estimate of drug-likeness (QED) is 0.0889. The van der Waals surface area contributed by atoms with Crippen molar-refractivity contribution in [3.63, 3.8) is 0 Å². The van der Waals surface area contributed by atoms with Crippen LogP contribution in [0.4, 0.5) is 0 Å². The zero-order valence-corrected chi connectivity index (χ0v) is 20.8. The number of hydrogen-bond acceptors (Lipinski definition) is 8. The number of carbonyl (C=O) groups excluding carboxylic acids is 4. The van der Waals surface area contributed by atoms with E-state index in [2.05, 4.69) is 16.0 Å². The van der Waals surface area contributed by atoms with Crippen molar-refractivity contribution in [1.82, 2.24) is 16.0 Å². The van der Waals surface area contributed by atoms with Crippen LogP contribution in [0.25, 0.3) is 0 Å². The third kappa shape index (κ3) is 14.2. The fraction of sp³-hybridized carbons (Fsp3) is 0.727. The lowest BCUT2D eigenvalue weighted by molar-refractivity contribution is -0.143. The molecule has 206 valence electrons. The number of nitrogens with two attached hydrogens (primary N) is 3. The molecule has 4 atom stereocenters. The summed E-state index contributed by atoms with van der Waals surface area (Å²) in [5.74, 6) is -5.59. The smallest absolute Gasteiger partial charge is 0.326 e. The van der Waals surface area contributed by atoms with Crippen LogP contribution < -0.4 is 33.2 Å². The van der Waals surface area contributed by atoms with Crippen molar-refractivity contribution < 1.29 is 39.0 Å². The lowest BCUT2D eigenvalue weighted by atomic mass is 10.0. The van der Waals surface area contributed by atoms with E-state index in [1.54, 1.807) is 0 Å². The molecule has 14 heteroatoms. The molecule has 14 nitrogen and oxygen atoms in total. The standard InChI is InChI=1S/C22H40N6O8/c1-12(2)11-13(24)19(32)26-14(6-8-17(25)29)20(33)27-15(7-9-18(30)31)21(34)28-16(22(35)36)5-3-4-10-23/h12-16H,3-11,23-24H2,1-2H3,(H2,25,29)(H,26,32)(H,27,33)(H,28,34)(H,30,31)(H,35,36). The third-order valence-corrected chi connectivity index (χ3v) is 5.22. The number of hydrogen-bond donors (Lipinski definition) is 8. The molecular formula is C22H40N6O8. The van der Waals surface area contributed by atoms with Crippen molar-refractivity contribution in [3.8, 4) is 0 Å². The minimum Gasteiger partial charge on any atom is -0.481 e. The highest BCUT2D eigenvalue weighted by molar-refractivity contribution is 5.94. The molecular weight excluding hydrogens is 476 g/mol. The van der Waals surface area contributed by atoms with E-state index in [1.165, 1.54) is 0 Å². The summed E-state index contributed by atoms with van der Waals surface area (Å²) < 4.78 is 0. The van der Waals surface area contributed by atoms with E-state index in [0.717, 1.165) is 0 Å². The fourth-order valence-electron chi connectivity index (χ4n) is 3.28. The zero-order chi connectivity index (χ0) is 27.8. The summed E-state index contributed by atoms with van der Waals surface area (Å²) in [6.07, 6.45) is 0.101. The Morgan fingerprint density at radius 3 is 1.69 bits per heavy atom. The number of carbonyl (C=O) groups is 6. The van der Waals surface area contributed by atoms with Gasteiger partial charge in [0.25, 0.3) is 0 Å². The largest absolute Gasteiger partial charge is 0.481 e. The van der Waals surface area contributed by atoms with Gasteiger partial charge in [0, 0.05) is 12.8 Å². The average Bonchev–Trinajstić information content (AvgIpc) is 2.77. The fourth-order valence-corrected chi connectivity index (χ4v) is 3.28. The lowest BCUT2D eigenvalue weighted by Crippen LogP contribution is -2.57. The summed E-state index contributed by atoms with van der Waals surface area (Å²) in [4.78, 5) is 72.0. The topological polar surface area (TPSA) is 257 Å². The number of carboxylic acid groups (broad SMARTS) is 2. The second kappa shape index (κ2) is 17.2. The van der Waals surface area contributed by atoms with Crippen molar-refractivity contribution in [2.24, 2.45) is 23.1 Å². The molecule has 0 fully saturated rings. The van der Waals surface area contributed by atoms with Gasteiger partial charge in [0.15, 0.2) is 0 Å². The molecule has 0 aliphatic rings. The van der Waals surface area contributed by atoms with Crippen molar-refractivity contribution in [3.05, 3.63) is 0 Å². The van der Waals surface area contributed by atoms with Gasteiger partial charge in [-0.3, -0.25) is 24.0 Å². The molecule has 0 saturated heterocycles. The van der Waals surface area contributed by atoms with Gasteiger partial charge in [-0.15, -0.1) is 0 Å². The molecule has 0 radical (unpaired) electrons. The number of rotatable bonds is 19. The van der Waals surface area contributed by atoms with Crippen LogP contribution in [0.1, 0.15) is 65.2 Å². The zero-order valence-electron chi connectivity index (χ0n) is 20.8. The van der Waals surface area contributed by atoms with Gasteiger partial charge >= 0.3 is 11.9 Å². The molecule has 0 spiro atoms. The summed E-state index contributed by atoms with van der Waals surface area (Å²) in [7, 11) is 0. The number of primary amides is 1. The van der Waals surface area contributed by atoms with Gasteiger partial charge in [-0.1, -0.05) is 13.8 Å². The monoisotopic (exact) mass is 516 g/mol. The van der Waals surface area contributed by atoms with E-state index in [9.17, 15) is 33.9 Å². The lowest BCUT2D eigenvalue weighted by Gasteiger charge is -2.25. The number of aliphatic carboxylic acids is 2. The van der Waals surface area contributed by atoms with Gasteiger partial charge in [-0.2, -0.15) is 0 Å². The molecule has 0 aliphatic carbocycles. The number of nitrogens with one attached hydrogen (secondary N) is 3. The summed E-state index contributed by atoms with van der Waals surface area (Å²) in [5, 5.41) is 25.5. The maximum Gasteiger partial charge on any atom is 0.326 e. The van der Waals surface area contributed by atoms with Crippen molar-refractivity contribution in [2.75, 3.05) is 6.54 Å². The van der Waals surface area contributed by atoms with Gasteiger partial charge in [-0.25, -0.2) is 4.79 Å². The predicted octanol–water partition coefficient (Wildman–Crippen LogP) is -1.84. The first kappa shape index (κ1) is 32.7. The van der Waals surface area contributed by atoms with Crippen LogP contribution >= 0.6 is 0 Å². The Morgan fingerprint density at radius 2 is 1.25 bits per heavy atom. The molecule has 0 saturated carbocycles. The molecule has 0 rings (SSSR count). The first-order chi connectivity index (χ1) is 16.8.